The van der Waals surface area contributed by atoms with Crippen LogP contribution in [-0.2, 0) is 6.18 Å². The maximum Gasteiger partial charge on any atom is 0.416 e. The molecular weight excluding hydrogens is 219 g/mol. The molecule has 1 aromatic rings. The van der Waals surface area contributed by atoms with Crippen LogP contribution < -0.4 is 10.5 Å². The maximum absolute atomic E-state index is 12.5. The first kappa shape index (κ1) is 11.0. The van der Waals surface area contributed by atoms with E-state index < -0.39 is 11.7 Å². The summed E-state index contributed by atoms with van der Waals surface area (Å²) >= 11 is 0. The van der Waals surface area contributed by atoms with E-state index in [9.17, 15) is 13.2 Å². The van der Waals surface area contributed by atoms with Crippen LogP contribution in [0, 0.1) is 0 Å². The summed E-state index contributed by atoms with van der Waals surface area (Å²) in [6.45, 7) is 0.558. The van der Waals surface area contributed by atoms with E-state index in [1.807, 2.05) is 0 Å². The van der Waals surface area contributed by atoms with Crippen molar-refractivity contribution < 1.29 is 17.9 Å². The molecular formula is C11H10F3NO. The molecule has 0 saturated heterocycles. The minimum absolute atomic E-state index is 0.206. The van der Waals surface area contributed by atoms with Crippen LogP contribution in [0.25, 0.3) is 5.57 Å². The number of ether oxygens (including phenoxy) is 1. The largest absolute Gasteiger partial charge is 0.489 e. The summed E-state index contributed by atoms with van der Waals surface area (Å²) < 4.78 is 42.7. The molecule has 0 saturated carbocycles. The van der Waals surface area contributed by atoms with Gasteiger partial charge in [0.15, 0.2) is 0 Å². The highest BCUT2D eigenvalue weighted by atomic mass is 19.4. The van der Waals surface area contributed by atoms with Gasteiger partial charge in [0.2, 0.25) is 0 Å². The Balaban J connectivity index is 2.49. The van der Waals surface area contributed by atoms with E-state index in [0.29, 0.717) is 23.5 Å². The smallest absolute Gasteiger partial charge is 0.416 e. The summed E-state index contributed by atoms with van der Waals surface area (Å²) in [5.41, 5.74) is 5.91. The van der Waals surface area contributed by atoms with E-state index in [2.05, 4.69) is 0 Å². The number of fused-ring (bicyclic) bond motifs is 1. The predicted octanol–water partition coefficient (Wildman–Crippen LogP) is 2.44. The number of nitrogens with two attached hydrogens (primary N) is 1. The van der Waals surface area contributed by atoms with Gasteiger partial charge in [0.25, 0.3) is 0 Å². The molecule has 1 aliphatic rings. The lowest BCUT2D eigenvalue weighted by Crippen LogP contribution is -2.13. The molecule has 0 aliphatic carbocycles. The Labute approximate surface area is 90.5 Å². The first-order valence-corrected chi connectivity index (χ1v) is 4.76. The second-order valence-electron chi connectivity index (χ2n) is 3.45. The Morgan fingerprint density at radius 3 is 2.69 bits per heavy atom. The van der Waals surface area contributed by atoms with E-state index in [1.54, 1.807) is 6.08 Å². The third-order valence-electron chi connectivity index (χ3n) is 2.44. The van der Waals surface area contributed by atoms with Crippen LogP contribution in [0.3, 0.4) is 0 Å². The standard InChI is InChI=1S/C11H10F3NO/c12-11(13,14)8-1-2-10-9(5-8)7(6-15)3-4-16-10/h1-3,5H,4,6,15H2. The summed E-state index contributed by atoms with van der Waals surface area (Å²) in [4.78, 5) is 0. The molecule has 0 fully saturated rings. The third-order valence-corrected chi connectivity index (χ3v) is 2.44. The Hall–Kier alpha value is -1.49. The van der Waals surface area contributed by atoms with Crippen molar-refractivity contribution in [3.8, 4) is 5.75 Å². The highest BCUT2D eigenvalue weighted by Crippen LogP contribution is 2.36. The molecule has 1 aromatic carbocycles. The molecule has 0 atom stereocenters. The molecule has 2 nitrogen and oxygen atoms in total. The van der Waals surface area contributed by atoms with Crippen molar-refractivity contribution in [3.05, 3.63) is 35.4 Å². The molecule has 1 heterocycles. The van der Waals surface area contributed by atoms with Crippen molar-refractivity contribution in [3.63, 3.8) is 0 Å². The van der Waals surface area contributed by atoms with Crippen LogP contribution in [0.4, 0.5) is 13.2 Å². The number of hydrogen-bond donors (Lipinski definition) is 1. The average molecular weight is 229 g/mol. The van der Waals surface area contributed by atoms with Crippen LogP contribution >= 0.6 is 0 Å². The predicted molar refractivity (Wildman–Crippen MR) is 54.0 cm³/mol. The Morgan fingerprint density at radius 2 is 2.06 bits per heavy atom. The van der Waals surface area contributed by atoms with Gasteiger partial charge in [0.05, 0.1) is 5.56 Å². The second-order valence-corrected chi connectivity index (χ2v) is 3.45. The normalized spacial score (nSPS) is 15.1. The van der Waals surface area contributed by atoms with Gasteiger partial charge in [0, 0.05) is 12.1 Å². The first-order chi connectivity index (χ1) is 7.52. The fraction of sp³-hybridized carbons (Fsp3) is 0.273. The van der Waals surface area contributed by atoms with Gasteiger partial charge in [-0.3, -0.25) is 0 Å². The lowest BCUT2D eigenvalue weighted by Gasteiger charge is -2.19. The average Bonchev–Trinajstić information content (AvgIpc) is 2.26. The molecule has 16 heavy (non-hydrogen) atoms. The number of halogens is 3. The lowest BCUT2D eigenvalue weighted by molar-refractivity contribution is -0.137. The molecule has 2 N–H and O–H groups in total. The highest BCUT2D eigenvalue weighted by molar-refractivity contribution is 5.73. The minimum atomic E-state index is -4.34. The van der Waals surface area contributed by atoms with Crippen LogP contribution in [0.5, 0.6) is 5.75 Å². The molecule has 0 unspecified atom stereocenters. The molecule has 0 amide bonds. The van der Waals surface area contributed by atoms with Gasteiger partial charge in [0.1, 0.15) is 12.4 Å². The number of hydrogen-bond acceptors (Lipinski definition) is 2. The van der Waals surface area contributed by atoms with Gasteiger partial charge < -0.3 is 10.5 Å². The zero-order valence-corrected chi connectivity index (χ0v) is 8.34. The summed E-state index contributed by atoms with van der Waals surface area (Å²) in [5.74, 6) is 0.455. The van der Waals surface area contributed by atoms with E-state index in [0.717, 1.165) is 12.1 Å². The van der Waals surface area contributed by atoms with Crippen LogP contribution in [0.15, 0.2) is 24.3 Å². The van der Waals surface area contributed by atoms with Crippen molar-refractivity contribution in [1.29, 1.82) is 0 Å². The van der Waals surface area contributed by atoms with Gasteiger partial charge in [-0.25, -0.2) is 0 Å². The molecule has 0 radical (unpaired) electrons. The molecule has 0 bridgehead atoms. The molecule has 5 heteroatoms. The third kappa shape index (κ3) is 1.90. The zero-order chi connectivity index (χ0) is 11.8. The first-order valence-electron chi connectivity index (χ1n) is 4.76. The van der Waals surface area contributed by atoms with Crippen molar-refractivity contribution >= 4 is 5.57 Å². The fourth-order valence-electron chi connectivity index (χ4n) is 1.62. The van der Waals surface area contributed by atoms with Crippen LogP contribution in [0.2, 0.25) is 0 Å². The summed E-state index contributed by atoms with van der Waals surface area (Å²) in [7, 11) is 0. The molecule has 0 aromatic heterocycles. The SMILES string of the molecule is NCC1=CCOc2ccc(C(F)(F)F)cc21. The van der Waals surface area contributed by atoms with Gasteiger partial charge in [-0.15, -0.1) is 0 Å². The van der Waals surface area contributed by atoms with Crippen molar-refractivity contribution in [2.24, 2.45) is 5.73 Å². The van der Waals surface area contributed by atoms with E-state index in [4.69, 9.17) is 10.5 Å². The van der Waals surface area contributed by atoms with Crippen molar-refractivity contribution in [2.45, 2.75) is 6.18 Å². The Kier molecular flexibility index (Phi) is 2.63. The Bertz CT molecular complexity index is 437. The quantitative estimate of drug-likeness (QED) is 0.802. The number of benzene rings is 1. The zero-order valence-electron chi connectivity index (χ0n) is 8.34. The summed E-state index contributed by atoms with van der Waals surface area (Å²) in [6.07, 6.45) is -2.64. The molecule has 1 aliphatic heterocycles. The monoisotopic (exact) mass is 229 g/mol. The van der Waals surface area contributed by atoms with Gasteiger partial charge in [-0.05, 0) is 29.8 Å². The van der Waals surface area contributed by atoms with Crippen molar-refractivity contribution in [2.75, 3.05) is 13.2 Å². The highest BCUT2D eigenvalue weighted by Gasteiger charge is 2.31. The van der Waals surface area contributed by atoms with E-state index in [1.165, 1.54) is 6.07 Å². The second kappa shape index (κ2) is 3.83. The van der Waals surface area contributed by atoms with E-state index in [-0.39, 0.29) is 6.54 Å². The van der Waals surface area contributed by atoms with Gasteiger partial charge in [-0.2, -0.15) is 13.2 Å². The minimum Gasteiger partial charge on any atom is -0.489 e. The molecule has 0 spiro atoms. The van der Waals surface area contributed by atoms with Gasteiger partial charge in [-0.1, -0.05) is 0 Å². The summed E-state index contributed by atoms with van der Waals surface area (Å²) in [6, 6.07) is 3.42. The summed E-state index contributed by atoms with van der Waals surface area (Å²) in [5, 5.41) is 0. The van der Waals surface area contributed by atoms with Gasteiger partial charge >= 0.3 is 6.18 Å². The number of rotatable bonds is 1. The maximum atomic E-state index is 12.5. The van der Waals surface area contributed by atoms with Crippen LogP contribution in [0.1, 0.15) is 11.1 Å². The number of alkyl halides is 3. The molecule has 86 valence electrons. The van der Waals surface area contributed by atoms with E-state index >= 15 is 0 Å². The Morgan fingerprint density at radius 1 is 1.31 bits per heavy atom. The molecule has 2 rings (SSSR count). The fourth-order valence-corrected chi connectivity index (χ4v) is 1.62. The lowest BCUT2D eigenvalue weighted by atomic mass is 10.00. The van der Waals surface area contributed by atoms with Crippen LogP contribution in [-0.4, -0.2) is 13.2 Å². The topological polar surface area (TPSA) is 35.2 Å². The van der Waals surface area contributed by atoms with Crippen molar-refractivity contribution in [1.82, 2.24) is 0 Å².